The Morgan fingerprint density at radius 1 is 1.41 bits per heavy atom. The molecule has 1 fully saturated rings. The van der Waals surface area contributed by atoms with Gasteiger partial charge in [-0.05, 0) is 31.7 Å². The summed E-state index contributed by atoms with van der Waals surface area (Å²) in [6, 6.07) is 0. The number of hydrogen-bond acceptors (Lipinski definition) is 3. The van der Waals surface area contributed by atoms with Crippen molar-refractivity contribution in [2.75, 3.05) is 39.9 Å². The first-order chi connectivity index (χ1) is 8.24. The SMILES string of the molecule is COCCNCCCN1CCC(C)CCC1=O. The highest BCUT2D eigenvalue weighted by atomic mass is 16.5. The molecule has 0 aromatic carbocycles. The molecule has 1 saturated heterocycles. The molecule has 0 radical (unpaired) electrons. The van der Waals surface area contributed by atoms with Crippen LogP contribution in [0, 0.1) is 5.92 Å². The van der Waals surface area contributed by atoms with Gasteiger partial charge in [-0.3, -0.25) is 4.79 Å². The van der Waals surface area contributed by atoms with Crippen molar-refractivity contribution in [2.24, 2.45) is 5.92 Å². The number of hydrogen-bond donors (Lipinski definition) is 1. The number of carbonyl (C=O) groups is 1. The van der Waals surface area contributed by atoms with Crippen LogP contribution in [0.4, 0.5) is 0 Å². The first-order valence-corrected chi connectivity index (χ1v) is 6.71. The van der Waals surface area contributed by atoms with Gasteiger partial charge in [0.2, 0.25) is 5.91 Å². The Balaban J connectivity index is 2.10. The summed E-state index contributed by atoms with van der Waals surface area (Å²) in [7, 11) is 1.71. The number of ether oxygens (including phenoxy) is 1. The Bertz CT molecular complexity index is 221. The van der Waals surface area contributed by atoms with Crippen LogP contribution in [0.3, 0.4) is 0 Å². The summed E-state index contributed by atoms with van der Waals surface area (Å²) in [6.07, 6.45) is 3.98. The van der Waals surface area contributed by atoms with Crippen molar-refractivity contribution >= 4 is 5.91 Å². The molecule has 0 aromatic rings. The largest absolute Gasteiger partial charge is 0.383 e. The van der Waals surface area contributed by atoms with E-state index >= 15 is 0 Å². The molecular formula is C13H26N2O2. The van der Waals surface area contributed by atoms with E-state index in [0.29, 0.717) is 11.8 Å². The lowest BCUT2D eigenvalue weighted by atomic mass is 10.0. The average Bonchev–Trinajstić information content (AvgIpc) is 2.48. The zero-order chi connectivity index (χ0) is 12.5. The minimum absolute atomic E-state index is 0.339. The molecule has 0 aliphatic carbocycles. The number of nitrogens with zero attached hydrogens (tertiary/aromatic N) is 1. The van der Waals surface area contributed by atoms with E-state index in [9.17, 15) is 4.79 Å². The van der Waals surface area contributed by atoms with Gasteiger partial charge in [0.15, 0.2) is 0 Å². The standard InChI is InChI=1S/C13H26N2O2/c1-12-4-5-13(16)15(10-6-12)9-3-7-14-8-11-17-2/h12,14H,3-11H2,1-2H3. The van der Waals surface area contributed by atoms with E-state index in [1.807, 2.05) is 4.90 Å². The third-order valence-electron chi connectivity index (χ3n) is 3.36. The number of nitrogens with one attached hydrogen (secondary N) is 1. The second kappa shape index (κ2) is 8.48. The number of likely N-dealkylation sites (tertiary alicyclic amines) is 1. The fraction of sp³-hybridized carbons (Fsp3) is 0.923. The molecule has 0 bridgehead atoms. The third kappa shape index (κ3) is 6.03. The highest BCUT2D eigenvalue weighted by Gasteiger charge is 2.19. The van der Waals surface area contributed by atoms with Crippen molar-refractivity contribution in [3.8, 4) is 0 Å². The predicted octanol–water partition coefficient (Wildman–Crippen LogP) is 1.26. The zero-order valence-electron chi connectivity index (χ0n) is 11.2. The zero-order valence-corrected chi connectivity index (χ0v) is 11.2. The Labute approximate surface area is 105 Å². The van der Waals surface area contributed by atoms with Crippen LogP contribution in [-0.2, 0) is 9.53 Å². The van der Waals surface area contributed by atoms with Gasteiger partial charge in [-0.25, -0.2) is 0 Å². The van der Waals surface area contributed by atoms with Gasteiger partial charge in [0.05, 0.1) is 6.61 Å². The second-order valence-electron chi connectivity index (χ2n) is 4.91. The Morgan fingerprint density at radius 2 is 2.24 bits per heavy atom. The normalized spacial score (nSPS) is 21.6. The molecule has 0 saturated carbocycles. The molecule has 1 N–H and O–H groups in total. The molecule has 0 aromatic heterocycles. The first-order valence-electron chi connectivity index (χ1n) is 6.71. The van der Waals surface area contributed by atoms with E-state index in [1.54, 1.807) is 7.11 Å². The number of amides is 1. The maximum Gasteiger partial charge on any atom is 0.222 e. The minimum atomic E-state index is 0.339. The molecule has 4 heteroatoms. The summed E-state index contributed by atoms with van der Waals surface area (Å²) in [6.45, 7) is 6.68. The van der Waals surface area contributed by atoms with Crippen molar-refractivity contribution < 1.29 is 9.53 Å². The van der Waals surface area contributed by atoms with Gasteiger partial charge in [0.25, 0.3) is 0 Å². The van der Waals surface area contributed by atoms with E-state index in [2.05, 4.69) is 12.2 Å². The fourth-order valence-electron chi connectivity index (χ4n) is 2.10. The summed E-state index contributed by atoms with van der Waals surface area (Å²) in [5, 5.41) is 3.30. The van der Waals surface area contributed by atoms with Crippen LogP contribution >= 0.6 is 0 Å². The van der Waals surface area contributed by atoms with E-state index in [1.165, 1.54) is 0 Å². The van der Waals surface area contributed by atoms with Crippen LogP contribution in [0.2, 0.25) is 0 Å². The van der Waals surface area contributed by atoms with Crippen LogP contribution in [0.1, 0.15) is 32.6 Å². The number of rotatable bonds is 7. The molecule has 1 amide bonds. The topological polar surface area (TPSA) is 41.6 Å². The van der Waals surface area contributed by atoms with E-state index in [4.69, 9.17) is 4.74 Å². The average molecular weight is 242 g/mol. The predicted molar refractivity (Wildman–Crippen MR) is 69.0 cm³/mol. The summed E-state index contributed by atoms with van der Waals surface area (Å²) in [5.74, 6) is 1.04. The molecule has 1 aliphatic heterocycles. The molecule has 1 unspecified atom stereocenters. The minimum Gasteiger partial charge on any atom is -0.383 e. The molecule has 1 atom stereocenters. The monoisotopic (exact) mass is 242 g/mol. The lowest BCUT2D eigenvalue weighted by Crippen LogP contribution is -2.33. The smallest absolute Gasteiger partial charge is 0.222 e. The maximum atomic E-state index is 11.8. The lowest BCUT2D eigenvalue weighted by molar-refractivity contribution is -0.130. The van der Waals surface area contributed by atoms with Gasteiger partial charge >= 0.3 is 0 Å². The van der Waals surface area contributed by atoms with E-state index in [-0.39, 0.29) is 0 Å². The number of carbonyl (C=O) groups excluding carboxylic acids is 1. The third-order valence-corrected chi connectivity index (χ3v) is 3.36. The van der Waals surface area contributed by atoms with Gasteiger partial charge < -0.3 is 15.0 Å². The van der Waals surface area contributed by atoms with E-state index < -0.39 is 0 Å². The van der Waals surface area contributed by atoms with Crippen LogP contribution < -0.4 is 5.32 Å². The number of methoxy groups -OCH3 is 1. The summed E-state index contributed by atoms with van der Waals surface area (Å²) in [4.78, 5) is 13.8. The molecule has 1 aliphatic rings. The summed E-state index contributed by atoms with van der Waals surface area (Å²) in [5.41, 5.74) is 0. The van der Waals surface area contributed by atoms with E-state index in [0.717, 1.165) is 58.5 Å². The highest BCUT2D eigenvalue weighted by Crippen LogP contribution is 2.17. The van der Waals surface area contributed by atoms with Gasteiger partial charge in [-0.15, -0.1) is 0 Å². The van der Waals surface area contributed by atoms with Crippen molar-refractivity contribution in [1.82, 2.24) is 10.2 Å². The summed E-state index contributed by atoms with van der Waals surface area (Å²) < 4.78 is 4.96. The van der Waals surface area contributed by atoms with Gasteiger partial charge in [0.1, 0.15) is 0 Å². The molecule has 0 spiro atoms. The Hall–Kier alpha value is -0.610. The second-order valence-corrected chi connectivity index (χ2v) is 4.91. The van der Waals surface area contributed by atoms with Gasteiger partial charge in [-0.2, -0.15) is 0 Å². The maximum absolute atomic E-state index is 11.8. The van der Waals surface area contributed by atoms with Gasteiger partial charge in [-0.1, -0.05) is 6.92 Å². The quantitative estimate of drug-likeness (QED) is 0.683. The van der Waals surface area contributed by atoms with Crippen molar-refractivity contribution in [2.45, 2.75) is 32.6 Å². The molecular weight excluding hydrogens is 216 g/mol. The van der Waals surface area contributed by atoms with Crippen LogP contribution in [-0.4, -0.2) is 50.7 Å². The Morgan fingerprint density at radius 3 is 3.00 bits per heavy atom. The highest BCUT2D eigenvalue weighted by molar-refractivity contribution is 5.76. The fourth-order valence-corrected chi connectivity index (χ4v) is 2.10. The van der Waals surface area contributed by atoms with Crippen molar-refractivity contribution in [1.29, 1.82) is 0 Å². The molecule has 4 nitrogen and oxygen atoms in total. The van der Waals surface area contributed by atoms with Crippen LogP contribution in [0.5, 0.6) is 0 Å². The molecule has 1 heterocycles. The molecule has 17 heavy (non-hydrogen) atoms. The Kier molecular flexibility index (Phi) is 7.21. The lowest BCUT2D eigenvalue weighted by Gasteiger charge is -2.20. The first kappa shape index (κ1) is 14.5. The van der Waals surface area contributed by atoms with Crippen LogP contribution in [0.25, 0.3) is 0 Å². The summed E-state index contributed by atoms with van der Waals surface area (Å²) >= 11 is 0. The van der Waals surface area contributed by atoms with Gasteiger partial charge in [0, 0.05) is 33.2 Å². The van der Waals surface area contributed by atoms with Crippen LogP contribution in [0.15, 0.2) is 0 Å². The molecule has 1 rings (SSSR count). The van der Waals surface area contributed by atoms with Crippen molar-refractivity contribution in [3.05, 3.63) is 0 Å². The van der Waals surface area contributed by atoms with Crippen molar-refractivity contribution in [3.63, 3.8) is 0 Å². The molecule has 100 valence electrons.